The van der Waals surface area contributed by atoms with Gasteiger partial charge in [-0.3, -0.25) is 0 Å². The van der Waals surface area contributed by atoms with Crippen molar-refractivity contribution in [1.82, 2.24) is 9.78 Å². The Morgan fingerprint density at radius 3 is 2.67 bits per heavy atom. The Balaban J connectivity index is 2.71. The van der Waals surface area contributed by atoms with Gasteiger partial charge < -0.3 is 5.11 Å². The lowest BCUT2D eigenvalue weighted by Crippen LogP contribution is -2.10. The normalized spacial score (nSPS) is 10.7. The Kier molecular flexibility index (Phi) is 3.04. The first-order valence-corrected chi connectivity index (χ1v) is 5.23. The van der Waals surface area contributed by atoms with E-state index in [1.54, 1.807) is 0 Å². The van der Waals surface area contributed by atoms with Gasteiger partial charge >= 0.3 is 5.97 Å². The highest BCUT2D eigenvalue weighted by atomic mass is 35.5. The molecule has 0 spiro atoms. The van der Waals surface area contributed by atoms with Crippen molar-refractivity contribution in [1.29, 1.82) is 0 Å². The zero-order valence-electron chi connectivity index (χ0n) is 9.12. The maximum absolute atomic E-state index is 13.6. The number of aromatic carboxylic acids is 1. The van der Waals surface area contributed by atoms with Gasteiger partial charge in [0, 0.05) is 6.07 Å². The summed E-state index contributed by atoms with van der Waals surface area (Å²) in [4.78, 5) is 11.1. The topological polar surface area (TPSA) is 55.1 Å². The van der Waals surface area contributed by atoms with Crippen molar-refractivity contribution in [3.63, 3.8) is 0 Å². The number of rotatable bonds is 2. The summed E-state index contributed by atoms with van der Waals surface area (Å²) in [5.41, 5.74) is -0.290. The number of benzene rings is 1. The van der Waals surface area contributed by atoms with Crippen LogP contribution in [0.25, 0.3) is 5.69 Å². The lowest BCUT2D eigenvalue weighted by Gasteiger charge is -2.05. The monoisotopic (exact) mass is 272 g/mol. The van der Waals surface area contributed by atoms with Crippen molar-refractivity contribution in [3.05, 3.63) is 46.2 Å². The molecule has 2 aromatic rings. The predicted octanol–water partition coefficient (Wildman–Crippen LogP) is 2.81. The SMILES string of the molecule is Cc1nn(-c2ccc(F)cc2F)c(C(=O)O)c1Cl. The van der Waals surface area contributed by atoms with E-state index in [1.807, 2.05) is 0 Å². The zero-order chi connectivity index (χ0) is 13.4. The van der Waals surface area contributed by atoms with E-state index in [2.05, 4.69) is 5.10 Å². The van der Waals surface area contributed by atoms with E-state index >= 15 is 0 Å². The molecule has 7 heteroatoms. The second-order valence-corrected chi connectivity index (χ2v) is 3.94. The first kappa shape index (κ1) is 12.5. The second-order valence-electron chi connectivity index (χ2n) is 3.56. The summed E-state index contributed by atoms with van der Waals surface area (Å²) in [6, 6.07) is 2.75. The summed E-state index contributed by atoms with van der Waals surface area (Å²) in [6.07, 6.45) is 0. The van der Waals surface area contributed by atoms with Gasteiger partial charge in [-0.05, 0) is 19.1 Å². The minimum Gasteiger partial charge on any atom is -0.476 e. The van der Waals surface area contributed by atoms with E-state index in [4.69, 9.17) is 16.7 Å². The van der Waals surface area contributed by atoms with E-state index in [0.29, 0.717) is 6.07 Å². The van der Waals surface area contributed by atoms with E-state index in [0.717, 1.165) is 16.8 Å². The van der Waals surface area contributed by atoms with Gasteiger partial charge in [-0.15, -0.1) is 0 Å². The van der Waals surface area contributed by atoms with Crippen LogP contribution in [0.5, 0.6) is 0 Å². The van der Waals surface area contributed by atoms with Crippen molar-refractivity contribution in [2.45, 2.75) is 6.92 Å². The number of carboxylic acid groups (broad SMARTS) is 1. The Morgan fingerprint density at radius 1 is 1.44 bits per heavy atom. The van der Waals surface area contributed by atoms with Crippen molar-refractivity contribution in [2.24, 2.45) is 0 Å². The molecule has 0 atom stereocenters. The largest absolute Gasteiger partial charge is 0.476 e. The van der Waals surface area contributed by atoms with Crippen LogP contribution in [0.3, 0.4) is 0 Å². The average Bonchev–Trinajstić information content (AvgIpc) is 2.55. The maximum atomic E-state index is 13.6. The summed E-state index contributed by atoms with van der Waals surface area (Å²) in [5.74, 6) is -3.02. The molecule has 1 aromatic carbocycles. The molecule has 0 unspecified atom stereocenters. The highest BCUT2D eigenvalue weighted by Crippen LogP contribution is 2.24. The molecule has 0 saturated carbocycles. The quantitative estimate of drug-likeness (QED) is 0.914. The summed E-state index contributed by atoms with van der Waals surface area (Å²) >= 11 is 5.78. The van der Waals surface area contributed by atoms with Crippen LogP contribution in [0.4, 0.5) is 8.78 Å². The summed E-state index contributed by atoms with van der Waals surface area (Å²) < 4.78 is 27.2. The van der Waals surface area contributed by atoms with Crippen molar-refractivity contribution in [2.75, 3.05) is 0 Å². The number of aromatic nitrogens is 2. The number of halogens is 3. The number of hydrogen-bond donors (Lipinski definition) is 1. The summed E-state index contributed by atoms with van der Waals surface area (Å²) in [7, 11) is 0. The van der Waals surface area contributed by atoms with Crippen molar-refractivity contribution in [3.8, 4) is 5.69 Å². The number of carboxylic acids is 1. The molecule has 94 valence electrons. The van der Waals surface area contributed by atoms with Gasteiger partial charge in [0.15, 0.2) is 11.5 Å². The fraction of sp³-hybridized carbons (Fsp3) is 0.0909. The van der Waals surface area contributed by atoms with Crippen LogP contribution in [0.15, 0.2) is 18.2 Å². The molecule has 0 aliphatic heterocycles. The molecule has 1 N–H and O–H groups in total. The molecule has 0 aliphatic carbocycles. The van der Waals surface area contributed by atoms with E-state index in [1.165, 1.54) is 6.92 Å². The predicted molar refractivity (Wildman–Crippen MR) is 60.2 cm³/mol. The standard InChI is InChI=1S/C11H7ClF2N2O2/c1-5-9(12)10(11(17)18)16(15-5)8-3-2-6(13)4-7(8)14/h2-4H,1H3,(H,17,18). The van der Waals surface area contributed by atoms with Gasteiger partial charge in [0.05, 0.1) is 10.7 Å². The molecule has 0 bridgehead atoms. The third kappa shape index (κ3) is 1.95. The number of carbonyl (C=O) groups is 1. The first-order chi connectivity index (χ1) is 8.41. The van der Waals surface area contributed by atoms with Gasteiger partial charge in [0.2, 0.25) is 0 Å². The fourth-order valence-corrected chi connectivity index (χ4v) is 1.72. The molecule has 0 radical (unpaired) electrons. The Morgan fingerprint density at radius 2 is 2.11 bits per heavy atom. The van der Waals surface area contributed by atoms with Gasteiger partial charge in [-0.25, -0.2) is 18.3 Å². The van der Waals surface area contributed by atoms with Crippen LogP contribution in [0.2, 0.25) is 5.02 Å². The Labute approximate surface area is 105 Å². The Bertz CT molecular complexity index is 640. The van der Waals surface area contributed by atoms with E-state index in [-0.39, 0.29) is 22.1 Å². The highest BCUT2D eigenvalue weighted by Gasteiger charge is 2.22. The molecule has 1 aromatic heterocycles. The van der Waals surface area contributed by atoms with Crippen LogP contribution in [0, 0.1) is 18.6 Å². The minimum absolute atomic E-state index is 0.0776. The van der Waals surface area contributed by atoms with Crippen LogP contribution < -0.4 is 0 Å². The van der Waals surface area contributed by atoms with Gasteiger partial charge in [-0.2, -0.15) is 5.10 Å². The highest BCUT2D eigenvalue weighted by molar-refractivity contribution is 6.34. The molecular formula is C11H7ClF2N2O2. The molecule has 0 aliphatic rings. The van der Waals surface area contributed by atoms with Crippen LogP contribution >= 0.6 is 11.6 Å². The van der Waals surface area contributed by atoms with Gasteiger partial charge in [0.25, 0.3) is 0 Å². The third-order valence-corrected chi connectivity index (χ3v) is 2.78. The molecule has 2 rings (SSSR count). The second kappa shape index (κ2) is 4.38. The number of aryl methyl sites for hydroxylation is 1. The average molecular weight is 273 g/mol. The van der Waals surface area contributed by atoms with Crippen molar-refractivity contribution >= 4 is 17.6 Å². The summed E-state index contributed by atoms with van der Waals surface area (Å²) in [5, 5.41) is 12.8. The smallest absolute Gasteiger partial charge is 0.356 e. The van der Waals surface area contributed by atoms with Crippen LogP contribution in [-0.2, 0) is 0 Å². The zero-order valence-corrected chi connectivity index (χ0v) is 9.87. The van der Waals surface area contributed by atoms with Crippen LogP contribution in [-0.4, -0.2) is 20.9 Å². The number of nitrogens with zero attached hydrogens (tertiary/aromatic N) is 2. The lowest BCUT2D eigenvalue weighted by molar-refractivity contribution is 0.0687. The lowest BCUT2D eigenvalue weighted by atomic mass is 10.3. The molecule has 0 saturated heterocycles. The van der Waals surface area contributed by atoms with Crippen LogP contribution in [0.1, 0.15) is 16.2 Å². The summed E-state index contributed by atoms with van der Waals surface area (Å²) in [6.45, 7) is 1.49. The molecule has 0 amide bonds. The molecule has 1 heterocycles. The van der Waals surface area contributed by atoms with Crippen molar-refractivity contribution < 1.29 is 18.7 Å². The first-order valence-electron chi connectivity index (χ1n) is 4.85. The fourth-order valence-electron chi connectivity index (χ4n) is 1.52. The van der Waals surface area contributed by atoms with Gasteiger partial charge in [0.1, 0.15) is 11.5 Å². The molecular weight excluding hydrogens is 266 g/mol. The minimum atomic E-state index is -1.34. The molecule has 4 nitrogen and oxygen atoms in total. The number of hydrogen-bond acceptors (Lipinski definition) is 2. The molecule has 18 heavy (non-hydrogen) atoms. The van der Waals surface area contributed by atoms with E-state index in [9.17, 15) is 13.6 Å². The molecule has 0 fully saturated rings. The maximum Gasteiger partial charge on any atom is 0.356 e. The third-order valence-electron chi connectivity index (χ3n) is 2.33. The van der Waals surface area contributed by atoms with Gasteiger partial charge in [-0.1, -0.05) is 11.6 Å². The van der Waals surface area contributed by atoms with E-state index < -0.39 is 17.6 Å². The Hall–Kier alpha value is -1.95.